The lowest BCUT2D eigenvalue weighted by Gasteiger charge is -2.38. The Labute approximate surface area is 127 Å². The molecule has 9 heteroatoms. The SMILES string of the molecule is CCOCCC(=O)OC1CN(C)C[N+]1([O-])c1nnc(C)s1. The first-order valence-corrected chi connectivity index (χ1v) is 7.62. The van der Waals surface area contributed by atoms with Crippen LogP contribution in [0, 0.1) is 12.1 Å². The maximum Gasteiger partial charge on any atom is 0.312 e. The van der Waals surface area contributed by atoms with Gasteiger partial charge in [0.1, 0.15) is 11.7 Å². The molecule has 2 atom stereocenters. The van der Waals surface area contributed by atoms with Crippen molar-refractivity contribution in [3.63, 3.8) is 0 Å². The summed E-state index contributed by atoms with van der Waals surface area (Å²) in [7, 11) is 1.81. The summed E-state index contributed by atoms with van der Waals surface area (Å²) in [6, 6.07) is 0. The molecular weight excluding hydrogens is 296 g/mol. The average molecular weight is 316 g/mol. The van der Waals surface area contributed by atoms with Gasteiger partial charge in [-0.1, -0.05) is 5.10 Å². The minimum atomic E-state index is -0.809. The van der Waals surface area contributed by atoms with Crippen molar-refractivity contribution in [3.05, 3.63) is 10.2 Å². The third-order valence-corrected chi connectivity index (χ3v) is 4.10. The van der Waals surface area contributed by atoms with E-state index < -0.39 is 16.8 Å². The quantitative estimate of drug-likeness (QED) is 0.333. The molecule has 0 bridgehead atoms. The summed E-state index contributed by atoms with van der Waals surface area (Å²) in [6.07, 6.45) is -0.667. The molecule has 8 nitrogen and oxygen atoms in total. The van der Waals surface area contributed by atoms with Crippen molar-refractivity contribution in [1.29, 1.82) is 0 Å². The second kappa shape index (κ2) is 6.75. The number of rotatable bonds is 6. The number of carbonyl (C=O) groups excluding carboxylic acids is 1. The van der Waals surface area contributed by atoms with Crippen LogP contribution < -0.4 is 4.65 Å². The van der Waals surface area contributed by atoms with Gasteiger partial charge in [0.05, 0.1) is 19.6 Å². The van der Waals surface area contributed by atoms with Crippen LogP contribution in [-0.4, -0.2) is 60.8 Å². The predicted octanol–water partition coefficient (Wildman–Crippen LogP) is 0.850. The smallest absolute Gasteiger partial charge is 0.312 e. The van der Waals surface area contributed by atoms with Gasteiger partial charge in [-0.3, -0.25) is 9.44 Å². The van der Waals surface area contributed by atoms with Gasteiger partial charge in [0.15, 0.2) is 0 Å². The Hall–Kier alpha value is -1.13. The van der Waals surface area contributed by atoms with E-state index in [0.29, 0.717) is 29.9 Å². The summed E-state index contributed by atoms with van der Waals surface area (Å²) < 4.78 is 9.67. The first kappa shape index (κ1) is 16.2. The number of ether oxygens (including phenoxy) is 2. The topological polar surface area (TPSA) is 87.6 Å². The number of hydrogen-bond acceptors (Lipinski definition) is 8. The molecule has 1 aliphatic rings. The number of aromatic nitrogens is 2. The summed E-state index contributed by atoms with van der Waals surface area (Å²) in [4.78, 5) is 13.6. The third-order valence-electron chi connectivity index (χ3n) is 3.15. The number of nitrogens with zero attached hydrogens (tertiary/aromatic N) is 4. The average Bonchev–Trinajstić information content (AvgIpc) is 2.95. The van der Waals surface area contributed by atoms with E-state index in [1.54, 1.807) is 6.92 Å². The molecule has 1 aliphatic heterocycles. The van der Waals surface area contributed by atoms with Crippen molar-refractivity contribution >= 4 is 22.4 Å². The summed E-state index contributed by atoms with van der Waals surface area (Å²) >= 11 is 1.23. The van der Waals surface area contributed by atoms with Crippen LogP contribution in [0.1, 0.15) is 18.4 Å². The number of carbonyl (C=O) groups is 1. The van der Waals surface area contributed by atoms with Crippen molar-refractivity contribution in [2.24, 2.45) is 0 Å². The van der Waals surface area contributed by atoms with Gasteiger partial charge in [-0.15, -0.1) is 5.10 Å². The first-order chi connectivity index (χ1) is 9.95. The zero-order chi connectivity index (χ0) is 15.5. The van der Waals surface area contributed by atoms with E-state index in [1.807, 2.05) is 18.9 Å². The fourth-order valence-corrected chi connectivity index (χ4v) is 2.92. The Morgan fingerprint density at radius 2 is 2.33 bits per heavy atom. The van der Waals surface area contributed by atoms with Crippen molar-refractivity contribution in [3.8, 4) is 0 Å². The maximum atomic E-state index is 13.0. The van der Waals surface area contributed by atoms with Gasteiger partial charge in [0.25, 0.3) is 6.23 Å². The Morgan fingerprint density at radius 1 is 1.57 bits per heavy atom. The van der Waals surface area contributed by atoms with Crippen molar-refractivity contribution in [2.45, 2.75) is 26.5 Å². The van der Waals surface area contributed by atoms with E-state index >= 15 is 0 Å². The second-order valence-corrected chi connectivity index (χ2v) is 6.13. The fraction of sp³-hybridized carbons (Fsp3) is 0.750. The van der Waals surface area contributed by atoms with Crippen molar-refractivity contribution in [2.75, 3.05) is 33.5 Å². The number of esters is 1. The van der Waals surface area contributed by atoms with Gasteiger partial charge < -0.3 is 14.7 Å². The van der Waals surface area contributed by atoms with Gasteiger partial charge in [0, 0.05) is 6.61 Å². The number of likely N-dealkylation sites (N-methyl/N-ethyl adjacent to an activating group) is 1. The molecule has 2 unspecified atom stereocenters. The molecule has 1 saturated heterocycles. The van der Waals surface area contributed by atoms with Crippen LogP contribution in [0.25, 0.3) is 0 Å². The lowest BCUT2D eigenvalue weighted by molar-refractivity contribution is -0.154. The molecule has 0 saturated carbocycles. The molecule has 0 amide bonds. The van der Waals surface area contributed by atoms with Crippen molar-refractivity contribution < 1.29 is 14.3 Å². The second-order valence-electron chi connectivity index (χ2n) is 4.97. The molecule has 2 rings (SSSR count). The van der Waals surface area contributed by atoms with E-state index in [4.69, 9.17) is 9.47 Å². The van der Waals surface area contributed by atoms with Crippen LogP contribution in [0.3, 0.4) is 0 Å². The van der Waals surface area contributed by atoms with Crippen LogP contribution in [0.4, 0.5) is 5.13 Å². The van der Waals surface area contributed by atoms with Crippen molar-refractivity contribution in [1.82, 2.24) is 19.7 Å². The molecule has 2 heterocycles. The molecule has 1 aromatic rings. The summed E-state index contributed by atoms with van der Waals surface area (Å²) in [5.41, 5.74) is 0. The highest BCUT2D eigenvalue weighted by Crippen LogP contribution is 2.33. The summed E-state index contributed by atoms with van der Waals surface area (Å²) in [5, 5.41) is 21.9. The van der Waals surface area contributed by atoms with Crippen LogP contribution in [0.5, 0.6) is 0 Å². The van der Waals surface area contributed by atoms with Crippen LogP contribution in [0.15, 0.2) is 0 Å². The molecule has 21 heavy (non-hydrogen) atoms. The minimum Gasteiger partial charge on any atom is -0.622 e. The van der Waals surface area contributed by atoms with Gasteiger partial charge in [0.2, 0.25) is 0 Å². The molecule has 1 aromatic heterocycles. The molecule has 0 spiro atoms. The van der Waals surface area contributed by atoms with E-state index in [1.165, 1.54) is 11.3 Å². The molecule has 0 aromatic carbocycles. The van der Waals surface area contributed by atoms with E-state index in [2.05, 4.69) is 10.2 Å². The standard InChI is InChI=1S/C12H20N4O4S/c1-4-19-6-5-11(17)20-10-7-15(3)8-16(10,18)12-14-13-9(2)21-12/h10H,4-8H2,1-3H3. The zero-order valence-electron chi connectivity index (χ0n) is 12.4. The molecule has 1 fully saturated rings. The Kier molecular flexibility index (Phi) is 5.22. The van der Waals surface area contributed by atoms with Gasteiger partial charge >= 0.3 is 11.1 Å². The van der Waals surface area contributed by atoms with Crippen LogP contribution in [-0.2, 0) is 14.3 Å². The van der Waals surface area contributed by atoms with Gasteiger partial charge in [-0.05, 0) is 32.2 Å². The Balaban J connectivity index is 2.04. The van der Waals surface area contributed by atoms with E-state index in [9.17, 15) is 10.0 Å². The molecular formula is C12H20N4O4S. The Bertz CT molecular complexity index is 497. The predicted molar refractivity (Wildman–Crippen MR) is 78.3 cm³/mol. The minimum absolute atomic E-state index is 0.142. The Morgan fingerprint density at radius 3 is 2.95 bits per heavy atom. The van der Waals surface area contributed by atoms with Gasteiger partial charge in [-0.25, -0.2) is 4.90 Å². The molecule has 0 radical (unpaired) electrons. The monoisotopic (exact) mass is 316 g/mol. The lowest BCUT2D eigenvalue weighted by Crippen LogP contribution is -2.50. The first-order valence-electron chi connectivity index (χ1n) is 6.81. The van der Waals surface area contributed by atoms with Gasteiger partial charge in [-0.2, -0.15) is 0 Å². The van der Waals surface area contributed by atoms with Crippen LogP contribution in [0.2, 0.25) is 0 Å². The third kappa shape index (κ3) is 3.74. The molecule has 0 N–H and O–H groups in total. The van der Waals surface area contributed by atoms with E-state index in [-0.39, 0.29) is 13.1 Å². The molecule has 0 aliphatic carbocycles. The fourth-order valence-electron chi connectivity index (χ4n) is 2.16. The largest absolute Gasteiger partial charge is 0.622 e. The summed E-state index contributed by atoms with van der Waals surface area (Å²) in [6.45, 7) is 5.06. The number of hydroxylamine groups is 2. The number of quaternary nitrogens is 1. The highest BCUT2D eigenvalue weighted by Gasteiger charge is 2.45. The number of hydrogen-bond donors (Lipinski definition) is 0. The maximum absolute atomic E-state index is 13.0. The number of aryl methyl sites for hydroxylation is 1. The van der Waals surface area contributed by atoms with Crippen LogP contribution >= 0.6 is 11.3 Å². The molecule has 118 valence electrons. The normalized spacial score (nSPS) is 26.2. The van der Waals surface area contributed by atoms with E-state index in [0.717, 1.165) is 0 Å². The summed E-state index contributed by atoms with van der Waals surface area (Å²) in [5.74, 6) is -0.427. The lowest BCUT2D eigenvalue weighted by atomic mass is 10.4. The zero-order valence-corrected chi connectivity index (χ0v) is 13.3. The highest BCUT2D eigenvalue weighted by molar-refractivity contribution is 7.15. The highest BCUT2D eigenvalue weighted by atomic mass is 32.1.